The first-order chi connectivity index (χ1) is 12.7. The van der Waals surface area contributed by atoms with Gasteiger partial charge >= 0.3 is 0 Å². The zero-order valence-electron chi connectivity index (χ0n) is 15.1. The molecule has 0 amide bonds. The Bertz CT molecular complexity index is 881. The maximum Gasteiger partial charge on any atom is 0.193 e. The summed E-state index contributed by atoms with van der Waals surface area (Å²) in [6.45, 7) is 5.26. The molecule has 6 heteroatoms. The van der Waals surface area contributed by atoms with Crippen LogP contribution >= 0.6 is 0 Å². The SMILES string of the molecule is C=C(C)[C@H](O)Cc1c(O)cc(OC)c(C(=O)C=Cc2ccc(O)cc2)c1O. The standard InChI is InChI=1S/C21H22O6/c1-12(2)17(24)10-15-18(25)11-19(27-3)20(21(15)26)16(23)9-6-13-4-7-14(22)8-5-13/h4-9,11,17,22,24-26H,1,10H2,2-3H3/t17-/m1/s1. The lowest BCUT2D eigenvalue weighted by atomic mass is 9.96. The maximum atomic E-state index is 12.6. The van der Waals surface area contributed by atoms with E-state index in [0.717, 1.165) is 0 Å². The highest BCUT2D eigenvalue weighted by molar-refractivity contribution is 6.11. The fourth-order valence-electron chi connectivity index (χ4n) is 2.48. The van der Waals surface area contributed by atoms with E-state index in [4.69, 9.17) is 4.74 Å². The molecule has 0 aliphatic carbocycles. The molecule has 6 nitrogen and oxygen atoms in total. The first-order valence-electron chi connectivity index (χ1n) is 8.21. The number of carbonyl (C=O) groups is 1. The highest BCUT2D eigenvalue weighted by atomic mass is 16.5. The molecule has 142 valence electrons. The Kier molecular flexibility index (Phi) is 6.26. The number of aliphatic hydroxyl groups excluding tert-OH is 1. The van der Waals surface area contributed by atoms with E-state index in [0.29, 0.717) is 11.1 Å². The molecular formula is C21H22O6. The molecule has 0 unspecified atom stereocenters. The lowest BCUT2D eigenvalue weighted by Gasteiger charge is -2.17. The van der Waals surface area contributed by atoms with Crippen LogP contribution in [0.25, 0.3) is 6.08 Å². The lowest BCUT2D eigenvalue weighted by Crippen LogP contribution is -2.12. The van der Waals surface area contributed by atoms with Gasteiger partial charge in [-0.2, -0.15) is 0 Å². The monoisotopic (exact) mass is 370 g/mol. The molecule has 0 spiro atoms. The zero-order valence-corrected chi connectivity index (χ0v) is 15.1. The molecule has 2 rings (SSSR count). The average molecular weight is 370 g/mol. The van der Waals surface area contributed by atoms with Crippen molar-refractivity contribution < 1.29 is 30.0 Å². The van der Waals surface area contributed by atoms with Crippen LogP contribution in [0.5, 0.6) is 23.0 Å². The molecule has 2 aromatic rings. The fourth-order valence-corrected chi connectivity index (χ4v) is 2.48. The molecule has 27 heavy (non-hydrogen) atoms. The van der Waals surface area contributed by atoms with Gasteiger partial charge in [0.25, 0.3) is 0 Å². The van der Waals surface area contributed by atoms with Gasteiger partial charge in [0.2, 0.25) is 0 Å². The average Bonchev–Trinajstić information content (AvgIpc) is 2.63. The van der Waals surface area contributed by atoms with Gasteiger partial charge in [-0.15, -0.1) is 0 Å². The van der Waals surface area contributed by atoms with Crippen LogP contribution in [-0.2, 0) is 6.42 Å². The zero-order chi connectivity index (χ0) is 20.1. The number of benzene rings is 2. The summed E-state index contributed by atoms with van der Waals surface area (Å²) >= 11 is 0. The van der Waals surface area contributed by atoms with E-state index < -0.39 is 17.6 Å². The first-order valence-corrected chi connectivity index (χ1v) is 8.21. The molecule has 1 atom stereocenters. The van der Waals surface area contributed by atoms with Gasteiger partial charge in [-0.1, -0.05) is 30.4 Å². The quantitative estimate of drug-likeness (QED) is 0.339. The second kappa shape index (κ2) is 8.42. The van der Waals surface area contributed by atoms with Gasteiger partial charge in [-0.25, -0.2) is 0 Å². The van der Waals surface area contributed by atoms with Crippen molar-refractivity contribution in [3.63, 3.8) is 0 Å². The normalized spacial score (nSPS) is 12.1. The van der Waals surface area contributed by atoms with Crippen molar-refractivity contribution in [3.05, 3.63) is 65.3 Å². The third-order valence-electron chi connectivity index (χ3n) is 4.10. The van der Waals surface area contributed by atoms with Gasteiger partial charge in [0.15, 0.2) is 5.78 Å². The van der Waals surface area contributed by atoms with Gasteiger partial charge in [0.05, 0.1) is 13.2 Å². The number of aliphatic hydroxyl groups is 1. The minimum Gasteiger partial charge on any atom is -0.508 e. The van der Waals surface area contributed by atoms with E-state index in [1.165, 1.54) is 37.5 Å². The Morgan fingerprint density at radius 3 is 2.41 bits per heavy atom. The molecule has 0 saturated heterocycles. The van der Waals surface area contributed by atoms with Crippen molar-refractivity contribution in [2.24, 2.45) is 0 Å². The van der Waals surface area contributed by atoms with E-state index >= 15 is 0 Å². The van der Waals surface area contributed by atoms with Gasteiger partial charge in [0.1, 0.15) is 28.6 Å². The van der Waals surface area contributed by atoms with Crippen LogP contribution in [0.2, 0.25) is 0 Å². The highest BCUT2D eigenvalue weighted by Gasteiger charge is 2.24. The van der Waals surface area contributed by atoms with Crippen molar-refractivity contribution in [1.29, 1.82) is 0 Å². The Labute approximate surface area is 157 Å². The Balaban J connectivity index is 2.42. The summed E-state index contributed by atoms with van der Waals surface area (Å²) in [5.74, 6) is -1.16. The molecule has 0 heterocycles. The lowest BCUT2D eigenvalue weighted by molar-refractivity contribution is 0.104. The number of methoxy groups -OCH3 is 1. The summed E-state index contributed by atoms with van der Waals surface area (Å²) in [6, 6.07) is 7.45. The van der Waals surface area contributed by atoms with Gasteiger partial charge in [-0.05, 0) is 30.7 Å². The van der Waals surface area contributed by atoms with Crippen molar-refractivity contribution >= 4 is 11.9 Å². The molecule has 0 bridgehead atoms. The minimum atomic E-state index is -0.981. The fraction of sp³-hybridized carbons (Fsp3) is 0.190. The van der Waals surface area contributed by atoms with E-state index in [-0.39, 0.29) is 34.8 Å². The topological polar surface area (TPSA) is 107 Å². The van der Waals surface area contributed by atoms with E-state index in [1.807, 2.05) is 0 Å². The number of rotatable bonds is 7. The smallest absolute Gasteiger partial charge is 0.193 e. The van der Waals surface area contributed by atoms with E-state index in [2.05, 4.69) is 6.58 Å². The largest absolute Gasteiger partial charge is 0.508 e. The van der Waals surface area contributed by atoms with Crippen LogP contribution in [0.4, 0.5) is 0 Å². The first kappa shape index (κ1) is 20.1. The van der Waals surface area contributed by atoms with Crippen molar-refractivity contribution in [2.45, 2.75) is 19.4 Å². The number of phenolic OH excluding ortho intramolecular Hbond substituents is 3. The maximum absolute atomic E-state index is 12.6. The van der Waals surface area contributed by atoms with Crippen LogP contribution < -0.4 is 4.74 Å². The molecule has 4 N–H and O–H groups in total. The van der Waals surface area contributed by atoms with Crippen LogP contribution in [0.15, 0.2) is 48.6 Å². The number of hydrogen-bond acceptors (Lipinski definition) is 6. The number of ketones is 1. The molecule has 0 radical (unpaired) electrons. The Hall–Kier alpha value is -3.25. The Morgan fingerprint density at radius 1 is 1.22 bits per heavy atom. The third kappa shape index (κ3) is 4.68. The van der Waals surface area contributed by atoms with Gasteiger partial charge in [0, 0.05) is 18.1 Å². The van der Waals surface area contributed by atoms with Crippen LogP contribution in [-0.4, -0.2) is 39.4 Å². The third-order valence-corrected chi connectivity index (χ3v) is 4.10. The summed E-state index contributed by atoms with van der Waals surface area (Å²) in [7, 11) is 1.32. The van der Waals surface area contributed by atoms with Crippen molar-refractivity contribution in [1.82, 2.24) is 0 Å². The second-order valence-corrected chi connectivity index (χ2v) is 6.16. The molecular weight excluding hydrogens is 348 g/mol. The van der Waals surface area contributed by atoms with Crippen LogP contribution in [0.1, 0.15) is 28.4 Å². The second-order valence-electron chi connectivity index (χ2n) is 6.16. The highest BCUT2D eigenvalue weighted by Crippen LogP contribution is 2.39. The number of phenols is 3. The predicted molar refractivity (Wildman–Crippen MR) is 102 cm³/mol. The number of ether oxygens (including phenoxy) is 1. The minimum absolute atomic E-state index is 0.0129. The van der Waals surface area contributed by atoms with Gasteiger partial charge < -0.3 is 25.2 Å². The number of allylic oxidation sites excluding steroid dienone is 1. The van der Waals surface area contributed by atoms with Crippen LogP contribution in [0, 0.1) is 0 Å². The molecule has 0 aliphatic heterocycles. The number of aromatic hydroxyl groups is 3. The predicted octanol–water partition coefficient (Wildman–Crippen LogP) is 3.19. The van der Waals surface area contributed by atoms with Gasteiger partial charge in [-0.3, -0.25) is 4.79 Å². The molecule has 0 aliphatic rings. The molecule has 2 aromatic carbocycles. The summed E-state index contributed by atoms with van der Waals surface area (Å²) in [5, 5.41) is 40.0. The molecule has 0 saturated carbocycles. The Morgan fingerprint density at radius 2 is 1.85 bits per heavy atom. The summed E-state index contributed by atoms with van der Waals surface area (Å²) < 4.78 is 5.12. The summed E-state index contributed by atoms with van der Waals surface area (Å²) in [4.78, 5) is 12.6. The van der Waals surface area contributed by atoms with E-state index in [9.17, 15) is 25.2 Å². The number of carbonyl (C=O) groups excluding carboxylic acids is 1. The van der Waals surface area contributed by atoms with E-state index in [1.54, 1.807) is 19.1 Å². The summed E-state index contributed by atoms with van der Waals surface area (Å²) in [6.07, 6.45) is 1.69. The van der Waals surface area contributed by atoms with Crippen molar-refractivity contribution in [2.75, 3.05) is 7.11 Å². The molecule has 0 aromatic heterocycles. The number of hydrogen-bond donors (Lipinski definition) is 4. The van der Waals surface area contributed by atoms with Crippen LogP contribution in [0.3, 0.4) is 0 Å². The molecule has 0 fully saturated rings. The summed E-state index contributed by atoms with van der Waals surface area (Å²) in [5.41, 5.74) is 1.06. The van der Waals surface area contributed by atoms with Crippen molar-refractivity contribution in [3.8, 4) is 23.0 Å².